The minimum absolute atomic E-state index is 0. The van der Waals surface area contributed by atoms with Gasteiger partial charge in [0.1, 0.15) is 0 Å². The van der Waals surface area contributed by atoms with Crippen LogP contribution in [0.25, 0.3) is 10.9 Å². The molecule has 0 unspecified atom stereocenters. The van der Waals surface area contributed by atoms with E-state index in [0.717, 1.165) is 24.8 Å². The second-order valence-corrected chi connectivity index (χ2v) is 5.92. The summed E-state index contributed by atoms with van der Waals surface area (Å²) >= 11 is 0. The lowest BCUT2D eigenvalue weighted by molar-refractivity contribution is -0.00000442. The van der Waals surface area contributed by atoms with Gasteiger partial charge in [-0.2, -0.15) is 0 Å². The summed E-state index contributed by atoms with van der Waals surface area (Å²) in [5, 5.41) is 4.96. The van der Waals surface area contributed by atoms with E-state index in [2.05, 4.69) is 60.8 Å². The zero-order chi connectivity index (χ0) is 14.9. The molecule has 1 heterocycles. The Kier molecular flexibility index (Phi) is 4.53. The van der Waals surface area contributed by atoms with Gasteiger partial charge in [-0.25, -0.2) is 0 Å². The van der Waals surface area contributed by atoms with E-state index in [9.17, 15) is 0 Å². The standard InChI is InChI=1S/C20H20N2.ClH/c1-2-14-8-3-5-11-17(14)22-20-15-9-4-6-12-18(15)21-19-13-7-10-16(19)20;/h3-6,8-9,11-12H,2,7,10,13H2,1H3,(H,21,22);1H/p-1. The normalized spacial score (nSPS) is 12.7. The molecule has 0 spiro atoms. The number of fused-ring (bicyclic) bond motifs is 2. The molecular weight excluding hydrogens is 304 g/mol. The summed E-state index contributed by atoms with van der Waals surface area (Å²) < 4.78 is 0. The number of hydrogen-bond donors (Lipinski definition) is 1. The van der Waals surface area contributed by atoms with Gasteiger partial charge in [0.25, 0.3) is 0 Å². The molecule has 0 saturated carbocycles. The SMILES string of the molecule is CCc1ccccc1Nc1c2c(nc3ccccc13)CCC2.[Cl-]. The van der Waals surface area contributed by atoms with E-state index >= 15 is 0 Å². The third-order valence-corrected chi connectivity index (χ3v) is 4.58. The van der Waals surface area contributed by atoms with Gasteiger partial charge in [-0.3, -0.25) is 4.98 Å². The number of nitrogens with zero attached hydrogens (tertiary/aromatic N) is 1. The molecule has 118 valence electrons. The maximum Gasteiger partial charge on any atom is 0.0726 e. The molecule has 0 bridgehead atoms. The summed E-state index contributed by atoms with van der Waals surface area (Å²) in [4.78, 5) is 4.86. The average molecular weight is 324 g/mol. The third kappa shape index (κ3) is 2.79. The predicted molar refractivity (Wildman–Crippen MR) is 92.9 cm³/mol. The van der Waals surface area contributed by atoms with Crippen LogP contribution in [-0.4, -0.2) is 4.98 Å². The van der Waals surface area contributed by atoms with Gasteiger partial charge >= 0.3 is 0 Å². The molecule has 1 aliphatic rings. The number of pyridine rings is 1. The Morgan fingerprint density at radius 3 is 2.65 bits per heavy atom. The van der Waals surface area contributed by atoms with Gasteiger partial charge in [0, 0.05) is 16.8 Å². The monoisotopic (exact) mass is 323 g/mol. The molecule has 0 fully saturated rings. The van der Waals surface area contributed by atoms with E-state index < -0.39 is 0 Å². The first-order valence-electron chi connectivity index (χ1n) is 8.12. The van der Waals surface area contributed by atoms with E-state index in [1.54, 1.807) is 0 Å². The first-order chi connectivity index (χ1) is 10.9. The fraction of sp³-hybridized carbons (Fsp3) is 0.250. The molecule has 1 aromatic heterocycles. The van der Waals surface area contributed by atoms with Gasteiger partial charge in [-0.05, 0) is 48.9 Å². The van der Waals surface area contributed by atoms with Gasteiger partial charge in [0.2, 0.25) is 0 Å². The zero-order valence-corrected chi connectivity index (χ0v) is 14.0. The number of para-hydroxylation sites is 2. The Bertz CT molecular complexity index is 842. The summed E-state index contributed by atoms with van der Waals surface area (Å²) in [5.41, 5.74) is 7.61. The molecule has 0 saturated heterocycles. The van der Waals surface area contributed by atoms with Crippen LogP contribution in [0.3, 0.4) is 0 Å². The summed E-state index contributed by atoms with van der Waals surface area (Å²) in [6.07, 6.45) is 4.48. The minimum Gasteiger partial charge on any atom is -1.00 e. The number of benzene rings is 2. The predicted octanol–water partition coefficient (Wildman–Crippen LogP) is 2.03. The molecule has 2 aromatic carbocycles. The Morgan fingerprint density at radius 2 is 1.78 bits per heavy atom. The molecule has 2 nitrogen and oxygen atoms in total. The maximum atomic E-state index is 4.86. The molecule has 23 heavy (non-hydrogen) atoms. The number of aromatic nitrogens is 1. The van der Waals surface area contributed by atoms with Crippen LogP contribution in [-0.2, 0) is 19.3 Å². The van der Waals surface area contributed by atoms with E-state index in [-0.39, 0.29) is 12.4 Å². The highest BCUT2D eigenvalue weighted by molar-refractivity contribution is 5.95. The van der Waals surface area contributed by atoms with E-state index in [0.29, 0.717) is 0 Å². The largest absolute Gasteiger partial charge is 1.00 e. The van der Waals surface area contributed by atoms with Crippen LogP contribution in [0.4, 0.5) is 11.4 Å². The topological polar surface area (TPSA) is 24.9 Å². The van der Waals surface area contributed by atoms with Crippen LogP contribution in [0.1, 0.15) is 30.2 Å². The molecule has 3 aromatic rings. The maximum absolute atomic E-state index is 4.86. The molecule has 1 N–H and O–H groups in total. The molecule has 0 radical (unpaired) electrons. The average Bonchev–Trinajstić information content (AvgIpc) is 3.03. The summed E-state index contributed by atoms with van der Waals surface area (Å²) in [5.74, 6) is 0. The lowest BCUT2D eigenvalue weighted by Crippen LogP contribution is -3.00. The first kappa shape index (κ1) is 15.8. The number of rotatable bonds is 3. The quantitative estimate of drug-likeness (QED) is 0.798. The highest BCUT2D eigenvalue weighted by Crippen LogP contribution is 2.36. The molecule has 0 amide bonds. The number of halogens is 1. The molecular formula is C20H20ClN2-. The molecule has 0 aliphatic heterocycles. The lowest BCUT2D eigenvalue weighted by atomic mass is 10.0. The third-order valence-electron chi connectivity index (χ3n) is 4.58. The first-order valence-corrected chi connectivity index (χ1v) is 8.12. The van der Waals surface area contributed by atoms with Crippen molar-refractivity contribution in [1.29, 1.82) is 0 Å². The van der Waals surface area contributed by atoms with Crippen molar-refractivity contribution in [3.05, 3.63) is 65.4 Å². The Balaban J connectivity index is 0.00000156. The Morgan fingerprint density at radius 1 is 1.00 bits per heavy atom. The van der Waals surface area contributed by atoms with Crippen LogP contribution in [0.2, 0.25) is 0 Å². The second-order valence-electron chi connectivity index (χ2n) is 5.92. The van der Waals surface area contributed by atoms with Crippen LogP contribution >= 0.6 is 0 Å². The molecule has 1 aliphatic carbocycles. The fourth-order valence-corrected chi connectivity index (χ4v) is 3.44. The summed E-state index contributed by atoms with van der Waals surface area (Å²) in [7, 11) is 0. The Hall–Kier alpha value is -2.06. The van der Waals surface area contributed by atoms with Crippen molar-refractivity contribution in [1.82, 2.24) is 4.98 Å². The van der Waals surface area contributed by atoms with Gasteiger partial charge in [0.05, 0.1) is 11.2 Å². The van der Waals surface area contributed by atoms with Crippen molar-refractivity contribution >= 4 is 22.3 Å². The van der Waals surface area contributed by atoms with Crippen molar-refractivity contribution in [2.45, 2.75) is 32.6 Å². The Labute approximate surface area is 143 Å². The fourth-order valence-electron chi connectivity index (χ4n) is 3.44. The van der Waals surface area contributed by atoms with Gasteiger partial charge in [0.15, 0.2) is 0 Å². The van der Waals surface area contributed by atoms with Crippen LogP contribution in [0, 0.1) is 0 Å². The molecule has 4 rings (SSSR count). The number of aryl methyl sites for hydroxylation is 2. The van der Waals surface area contributed by atoms with Crippen molar-refractivity contribution in [3.8, 4) is 0 Å². The van der Waals surface area contributed by atoms with Gasteiger partial charge in [-0.15, -0.1) is 0 Å². The molecule has 0 atom stereocenters. The van der Waals surface area contributed by atoms with Crippen molar-refractivity contribution in [3.63, 3.8) is 0 Å². The van der Waals surface area contributed by atoms with E-state index in [1.807, 2.05) is 0 Å². The highest BCUT2D eigenvalue weighted by Gasteiger charge is 2.19. The second kappa shape index (κ2) is 6.59. The van der Waals surface area contributed by atoms with Crippen molar-refractivity contribution in [2.24, 2.45) is 0 Å². The number of anilines is 2. The minimum atomic E-state index is 0. The van der Waals surface area contributed by atoms with Gasteiger partial charge in [-0.1, -0.05) is 43.3 Å². The summed E-state index contributed by atoms with van der Waals surface area (Å²) in [6, 6.07) is 17.1. The van der Waals surface area contributed by atoms with Gasteiger partial charge < -0.3 is 17.7 Å². The zero-order valence-electron chi connectivity index (χ0n) is 13.3. The van der Waals surface area contributed by atoms with Crippen LogP contribution in [0.5, 0.6) is 0 Å². The number of nitrogens with one attached hydrogen (secondary N) is 1. The van der Waals surface area contributed by atoms with Crippen molar-refractivity contribution < 1.29 is 12.4 Å². The molecule has 3 heteroatoms. The number of hydrogen-bond acceptors (Lipinski definition) is 2. The van der Waals surface area contributed by atoms with Crippen LogP contribution in [0.15, 0.2) is 48.5 Å². The van der Waals surface area contributed by atoms with Crippen molar-refractivity contribution in [2.75, 3.05) is 5.32 Å². The smallest absolute Gasteiger partial charge is 0.0726 e. The highest BCUT2D eigenvalue weighted by atomic mass is 35.5. The summed E-state index contributed by atoms with van der Waals surface area (Å²) in [6.45, 7) is 2.20. The van der Waals surface area contributed by atoms with E-state index in [1.165, 1.54) is 40.0 Å². The lowest BCUT2D eigenvalue weighted by Gasteiger charge is -2.16. The van der Waals surface area contributed by atoms with E-state index in [4.69, 9.17) is 4.98 Å². The van der Waals surface area contributed by atoms with Crippen LogP contribution < -0.4 is 17.7 Å².